The molecule has 1 N–H and O–H groups in total. The first-order chi connectivity index (χ1) is 10.6. The monoisotopic (exact) mass is 318 g/mol. The molecule has 0 saturated carbocycles. The molecule has 1 amide bonds. The lowest BCUT2D eigenvalue weighted by molar-refractivity contribution is 0.0951. The number of rotatable bonds is 6. The fourth-order valence-corrected chi connectivity index (χ4v) is 2.26. The van der Waals surface area contributed by atoms with Crippen molar-refractivity contribution < 1.29 is 9.53 Å². The lowest BCUT2D eigenvalue weighted by Gasteiger charge is -2.19. The highest BCUT2D eigenvalue weighted by molar-refractivity contribution is 6.30. The maximum absolute atomic E-state index is 12.2. The number of likely N-dealkylation sites (N-methyl/N-ethyl adjacent to an activating group) is 1. The zero-order valence-electron chi connectivity index (χ0n) is 12.7. The highest BCUT2D eigenvalue weighted by Crippen LogP contribution is 2.22. The zero-order valence-corrected chi connectivity index (χ0v) is 13.4. The number of para-hydroxylation sites is 1. The third-order valence-electron chi connectivity index (χ3n) is 3.34. The highest BCUT2D eigenvalue weighted by Gasteiger charge is 2.12. The quantitative estimate of drug-likeness (QED) is 0.889. The minimum Gasteiger partial charge on any atom is -0.496 e. The number of methoxy groups -OCH3 is 1. The number of nitrogens with zero attached hydrogens (tertiary/aromatic N) is 1. The summed E-state index contributed by atoms with van der Waals surface area (Å²) >= 11 is 5.90. The summed E-state index contributed by atoms with van der Waals surface area (Å²) in [5.41, 5.74) is 1.59. The molecule has 0 fully saturated rings. The van der Waals surface area contributed by atoms with Crippen molar-refractivity contribution in [2.75, 3.05) is 32.1 Å². The summed E-state index contributed by atoms with van der Waals surface area (Å²) in [5, 5.41) is 3.43. The van der Waals surface area contributed by atoms with Crippen LogP contribution in [-0.2, 0) is 0 Å². The van der Waals surface area contributed by atoms with Crippen LogP contribution in [0.25, 0.3) is 0 Å². The van der Waals surface area contributed by atoms with Gasteiger partial charge in [0.2, 0.25) is 0 Å². The molecule has 0 unspecified atom stereocenters. The molecule has 0 aliphatic rings. The number of carbonyl (C=O) groups excluding carboxylic acids is 1. The van der Waals surface area contributed by atoms with Gasteiger partial charge in [0.15, 0.2) is 0 Å². The molecule has 5 heteroatoms. The number of anilines is 1. The molecule has 0 bridgehead atoms. The molecule has 2 aromatic rings. The Morgan fingerprint density at radius 3 is 2.64 bits per heavy atom. The molecule has 22 heavy (non-hydrogen) atoms. The van der Waals surface area contributed by atoms with Crippen molar-refractivity contribution in [2.24, 2.45) is 0 Å². The van der Waals surface area contributed by atoms with Gasteiger partial charge in [-0.05, 0) is 30.3 Å². The van der Waals surface area contributed by atoms with Crippen molar-refractivity contribution in [3.63, 3.8) is 0 Å². The molecule has 0 aliphatic heterocycles. The second-order valence-electron chi connectivity index (χ2n) is 4.86. The summed E-state index contributed by atoms with van der Waals surface area (Å²) in [6.07, 6.45) is 0. The molecule has 0 saturated heterocycles. The van der Waals surface area contributed by atoms with Crippen LogP contribution in [0.3, 0.4) is 0 Å². The Labute approximate surface area is 135 Å². The molecular weight excluding hydrogens is 300 g/mol. The van der Waals surface area contributed by atoms with Gasteiger partial charge in [0.25, 0.3) is 5.91 Å². The van der Waals surface area contributed by atoms with Crippen LogP contribution >= 0.6 is 11.6 Å². The summed E-state index contributed by atoms with van der Waals surface area (Å²) in [4.78, 5) is 14.3. The van der Waals surface area contributed by atoms with Crippen LogP contribution in [0.5, 0.6) is 5.75 Å². The van der Waals surface area contributed by atoms with Gasteiger partial charge in [0.1, 0.15) is 5.75 Å². The summed E-state index contributed by atoms with van der Waals surface area (Å²) in [6.45, 7) is 1.25. The van der Waals surface area contributed by atoms with Crippen molar-refractivity contribution in [3.8, 4) is 5.75 Å². The topological polar surface area (TPSA) is 41.6 Å². The number of halogens is 1. The molecule has 4 nitrogen and oxygen atoms in total. The molecular formula is C17H19ClN2O2. The second-order valence-corrected chi connectivity index (χ2v) is 5.29. The van der Waals surface area contributed by atoms with Crippen molar-refractivity contribution in [2.45, 2.75) is 0 Å². The first-order valence-corrected chi connectivity index (χ1v) is 7.37. The maximum atomic E-state index is 12.2. The SMILES string of the molecule is COc1cc(Cl)ccc1C(=O)NCCN(C)c1ccccc1. The van der Waals surface area contributed by atoms with Crippen LogP contribution in [0.2, 0.25) is 5.02 Å². The van der Waals surface area contributed by atoms with Gasteiger partial charge < -0.3 is 15.0 Å². The first-order valence-electron chi connectivity index (χ1n) is 6.99. The summed E-state index contributed by atoms with van der Waals surface area (Å²) in [5.74, 6) is 0.302. The molecule has 0 atom stereocenters. The van der Waals surface area contributed by atoms with Gasteiger partial charge in [0.05, 0.1) is 12.7 Å². The molecule has 0 spiro atoms. The summed E-state index contributed by atoms with van der Waals surface area (Å²) in [6, 6.07) is 15.0. The molecule has 2 rings (SSSR count). The lowest BCUT2D eigenvalue weighted by Crippen LogP contribution is -2.33. The van der Waals surface area contributed by atoms with Crippen molar-refractivity contribution in [1.82, 2.24) is 5.32 Å². The van der Waals surface area contributed by atoms with Gasteiger partial charge in [-0.25, -0.2) is 0 Å². The largest absolute Gasteiger partial charge is 0.496 e. The average molecular weight is 319 g/mol. The fourth-order valence-electron chi connectivity index (χ4n) is 2.10. The predicted octanol–water partition coefficient (Wildman–Crippen LogP) is 3.21. The molecule has 0 aliphatic carbocycles. The Kier molecular flexibility index (Phi) is 5.67. The number of hydrogen-bond donors (Lipinski definition) is 1. The van der Waals surface area contributed by atoms with E-state index in [1.165, 1.54) is 7.11 Å². The van der Waals surface area contributed by atoms with Crippen LogP contribution in [-0.4, -0.2) is 33.2 Å². The number of ether oxygens (including phenoxy) is 1. The third kappa shape index (κ3) is 4.15. The fraction of sp³-hybridized carbons (Fsp3) is 0.235. The van der Waals surface area contributed by atoms with E-state index in [1.54, 1.807) is 18.2 Å². The average Bonchev–Trinajstić information content (AvgIpc) is 2.55. The highest BCUT2D eigenvalue weighted by atomic mass is 35.5. The standard InChI is InChI=1S/C17H19ClN2O2/c1-20(14-6-4-3-5-7-14)11-10-19-17(21)15-9-8-13(18)12-16(15)22-2/h3-9,12H,10-11H2,1-2H3,(H,19,21). The Morgan fingerprint density at radius 1 is 1.23 bits per heavy atom. The van der Waals surface area contributed by atoms with Crippen LogP contribution in [0.1, 0.15) is 10.4 Å². The van der Waals surface area contributed by atoms with E-state index in [1.807, 2.05) is 37.4 Å². The maximum Gasteiger partial charge on any atom is 0.255 e. The summed E-state index contributed by atoms with van der Waals surface area (Å²) in [7, 11) is 3.51. The molecule has 0 heterocycles. The van der Waals surface area contributed by atoms with E-state index in [9.17, 15) is 4.79 Å². The molecule has 0 aromatic heterocycles. The van der Waals surface area contributed by atoms with E-state index in [2.05, 4.69) is 10.2 Å². The number of benzene rings is 2. The minimum atomic E-state index is -0.171. The molecule has 0 radical (unpaired) electrons. The van der Waals surface area contributed by atoms with Crippen LogP contribution in [0, 0.1) is 0 Å². The third-order valence-corrected chi connectivity index (χ3v) is 3.57. The first kappa shape index (κ1) is 16.2. The minimum absolute atomic E-state index is 0.171. The van der Waals surface area contributed by atoms with Crippen molar-refractivity contribution >= 4 is 23.2 Å². The van der Waals surface area contributed by atoms with Crippen LogP contribution in [0.4, 0.5) is 5.69 Å². The van der Waals surface area contributed by atoms with Gasteiger partial charge in [-0.15, -0.1) is 0 Å². The van der Waals surface area contributed by atoms with Crippen LogP contribution < -0.4 is 15.0 Å². The number of carbonyl (C=O) groups is 1. The van der Waals surface area contributed by atoms with E-state index in [4.69, 9.17) is 16.3 Å². The second kappa shape index (κ2) is 7.71. The Balaban J connectivity index is 1.91. The van der Waals surface area contributed by atoms with Gasteiger partial charge in [-0.3, -0.25) is 4.79 Å². The normalized spacial score (nSPS) is 10.1. The van der Waals surface area contributed by atoms with Gasteiger partial charge in [-0.1, -0.05) is 29.8 Å². The van der Waals surface area contributed by atoms with Crippen LogP contribution in [0.15, 0.2) is 48.5 Å². The van der Waals surface area contributed by atoms with E-state index >= 15 is 0 Å². The van der Waals surface area contributed by atoms with E-state index in [0.717, 1.165) is 5.69 Å². The van der Waals surface area contributed by atoms with E-state index in [-0.39, 0.29) is 5.91 Å². The Morgan fingerprint density at radius 2 is 1.95 bits per heavy atom. The number of hydrogen-bond acceptors (Lipinski definition) is 3. The van der Waals surface area contributed by atoms with Gasteiger partial charge >= 0.3 is 0 Å². The van der Waals surface area contributed by atoms with Gasteiger partial charge in [-0.2, -0.15) is 0 Å². The number of nitrogens with one attached hydrogen (secondary N) is 1. The Bertz CT molecular complexity index is 632. The Hall–Kier alpha value is -2.20. The van der Waals surface area contributed by atoms with Crippen molar-refractivity contribution in [3.05, 3.63) is 59.1 Å². The molecule has 116 valence electrons. The van der Waals surface area contributed by atoms with E-state index in [0.29, 0.717) is 29.4 Å². The van der Waals surface area contributed by atoms with Gasteiger partial charge in [0, 0.05) is 30.8 Å². The predicted molar refractivity (Wildman–Crippen MR) is 90.0 cm³/mol. The van der Waals surface area contributed by atoms with E-state index < -0.39 is 0 Å². The molecule has 2 aromatic carbocycles. The number of amides is 1. The summed E-state index contributed by atoms with van der Waals surface area (Å²) < 4.78 is 5.19. The van der Waals surface area contributed by atoms with Crippen molar-refractivity contribution in [1.29, 1.82) is 0 Å². The smallest absolute Gasteiger partial charge is 0.255 e. The lowest BCUT2D eigenvalue weighted by atomic mass is 10.2. The zero-order chi connectivity index (χ0) is 15.9.